The van der Waals surface area contributed by atoms with Gasteiger partial charge in [-0.15, -0.1) is 0 Å². The number of nitrogens with zero attached hydrogens (tertiary/aromatic N) is 1. The van der Waals surface area contributed by atoms with Gasteiger partial charge in [-0.25, -0.2) is 0 Å². The van der Waals surface area contributed by atoms with E-state index < -0.39 is 6.10 Å². The van der Waals surface area contributed by atoms with Gasteiger partial charge in [0.15, 0.2) is 0 Å². The Kier molecular flexibility index (Phi) is 8.15. The minimum Gasteiger partial charge on any atom is -0.389 e. The Hall–Kier alpha value is -0.650. The zero-order valence-electron chi connectivity index (χ0n) is 10.7. The zero-order valence-corrected chi connectivity index (χ0v) is 10.7. The fourth-order valence-electron chi connectivity index (χ4n) is 1.20. The van der Waals surface area contributed by atoms with Crippen molar-refractivity contribution in [2.75, 3.05) is 33.4 Å². The second-order valence-electron chi connectivity index (χ2n) is 3.80. The average molecular weight is 232 g/mol. The molecular formula is C11H24N2O3. The van der Waals surface area contributed by atoms with E-state index in [4.69, 9.17) is 4.74 Å². The third-order valence-electron chi connectivity index (χ3n) is 2.40. The molecular weight excluding hydrogens is 208 g/mol. The van der Waals surface area contributed by atoms with Crippen molar-refractivity contribution in [2.45, 2.75) is 32.9 Å². The summed E-state index contributed by atoms with van der Waals surface area (Å²) in [6.07, 6.45) is -0.567. The molecule has 0 fully saturated rings. The predicted octanol–water partition coefficient (Wildman–Crippen LogP) is -0.160. The summed E-state index contributed by atoms with van der Waals surface area (Å²) < 4.78 is 5.07. The van der Waals surface area contributed by atoms with E-state index in [1.54, 1.807) is 18.9 Å². The Labute approximate surface area is 97.8 Å². The largest absolute Gasteiger partial charge is 0.389 e. The van der Waals surface area contributed by atoms with Crippen LogP contribution >= 0.6 is 0 Å². The Morgan fingerprint density at radius 1 is 1.50 bits per heavy atom. The number of rotatable bonds is 8. The van der Waals surface area contributed by atoms with Gasteiger partial charge in [-0.2, -0.15) is 0 Å². The number of aliphatic hydroxyl groups excluding tert-OH is 1. The van der Waals surface area contributed by atoms with Crippen LogP contribution < -0.4 is 5.32 Å². The first-order valence-electron chi connectivity index (χ1n) is 5.77. The van der Waals surface area contributed by atoms with E-state index in [0.717, 1.165) is 0 Å². The summed E-state index contributed by atoms with van der Waals surface area (Å²) in [6.45, 7) is 7.54. The molecule has 0 saturated carbocycles. The molecule has 2 atom stereocenters. The maximum atomic E-state index is 11.7. The number of hydrogen-bond acceptors (Lipinski definition) is 4. The lowest BCUT2D eigenvalue weighted by atomic mass is 10.2. The number of hydrogen-bond donors (Lipinski definition) is 2. The Bertz CT molecular complexity index is 200. The number of ether oxygens (including phenoxy) is 1. The first-order chi connectivity index (χ1) is 7.52. The minimum atomic E-state index is -0.567. The topological polar surface area (TPSA) is 61.8 Å². The first-order valence-corrected chi connectivity index (χ1v) is 5.77. The van der Waals surface area contributed by atoms with Crippen molar-refractivity contribution in [3.8, 4) is 0 Å². The molecule has 0 heterocycles. The third kappa shape index (κ3) is 6.05. The highest BCUT2D eigenvalue weighted by Gasteiger charge is 2.16. The van der Waals surface area contributed by atoms with Gasteiger partial charge in [0.25, 0.3) is 0 Å². The molecule has 0 bridgehead atoms. The molecule has 0 aromatic carbocycles. The summed E-state index contributed by atoms with van der Waals surface area (Å²) in [6, 6.07) is -0.277. The minimum absolute atomic E-state index is 0.0334. The maximum absolute atomic E-state index is 11.7. The molecule has 0 aliphatic rings. The smallest absolute Gasteiger partial charge is 0.239 e. The predicted molar refractivity (Wildman–Crippen MR) is 63.3 cm³/mol. The molecule has 0 aliphatic carbocycles. The molecule has 16 heavy (non-hydrogen) atoms. The van der Waals surface area contributed by atoms with E-state index in [9.17, 15) is 9.90 Å². The maximum Gasteiger partial charge on any atom is 0.239 e. The molecule has 0 spiro atoms. The Morgan fingerprint density at radius 2 is 2.12 bits per heavy atom. The molecule has 0 radical (unpaired) electrons. The normalized spacial score (nSPS) is 14.6. The van der Waals surface area contributed by atoms with Gasteiger partial charge in [0.05, 0.1) is 18.8 Å². The van der Waals surface area contributed by atoms with E-state index in [1.165, 1.54) is 0 Å². The van der Waals surface area contributed by atoms with Crippen LogP contribution in [0.25, 0.3) is 0 Å². The van der Waals surface area contributed by atoms with Gasteiger partial charge in [0, 0.05) is 26.7 Å². The monoisotopic (exact) mass is 232 g/mol. The summed E-state index contributed by atoms with van der Waals surface area (Å²) in [7, 11) is 1.76. The van der Waals surface area contributed by atoms with Crippen molar-refractivity contribution in [3.63, 3.8) is 0 Å². The lowest BCUT2D eigenvalue weighted by Crippen LogP contribution is -2.46. The molecule has 5 nitrogen and oxygen atoms in total. The SMILES string of the molecule is CCOCC(O)CNC(C)C(=O)N(C)CC. The van der Waals surface area contributed by atoms with Gasteiger partial charge in [0.1, 0.15) is 0 Å². The van der Waals surface area contributed by atoms with Crippen LogP contribution in [-0.2, 0) is 9.53 Å². The molecule has 2 N–H and O–H groups in total. The highest BCUT2D eigenvalue weighted by atomic mass is 16.5. The molecule has 2 unspecified atom stereocenters. The zero-order chi connectivity index (χ0) is 12.6. The number of carbonyl (C=O) groups excluding carboxylic acids is 1. The Balaban J connectivity index is 3.79. The molecule has 96 valence electrons. The highest BCUT2D eigenvalue weighted by molar-refractivity contribution is 5.81. The van der Waals surface area contributed by atoms with Crippen molar-refractivity contribution in [1.29, 1.82) is 0 Å². The second-order valence-corrected chi connectivity index (χ2v) is 3.80. The summed E-state index contributed by atoms with van der Waals surface area (Å²) in [4.78, 5) is 13.3. The molecule has 0 aliphatic heterocycles. The first kappa shape index (κ1) is 15.3. The standard InChI is InChI=1S/C11H24N2O3/c1-5-13(4)11(15)9(3)12-7-10(14)8-16-6-2/h9-10,12,14H,5-8H2,1-4H3. The van der Waals surface area contributed by atoms with Crippen molar-refractivity contribution >= 4 is 5.91 Å². The number of aliphatic hydroxyl groups is 1. The van der Waals surface area contributed by atoms with E-state index >= 15 is 0 Å². The number of amides is 1. The highest BCUT2D eigenvalue weighted by Crippen LogP contribution is 1.92. The van der Waals surface area contributed by atoms with Crippen molar-refractivity contribution in [3.05, 3.63) is 0 Å². The van der Waals surface area contributed by atoms with Crippen LogP contribution in [0.2, 0.25) is 0 Å². The van der Waals surface area contributed by atoms with Crippen LogP contribution in [0.1, 0.15) is 20.8 Å². The van der Waals surface area contributed by atoms with Crippen molar-refractivity contribution in [2.24, 2.45) is 0 Å². The van der Waals surface area contributed by atoms with Gasteiger partial charge in [-0.05, 0) is 20.8 Å². The van der Waals surface area contributed by atoms with Gasteiger partial charge in [-0.1, -0.05) is 0 Å². The average Bonchev–Trinajstić information content (AvgIpc) is 2.31. The summed E-state index contributed by atoms with van der Waals surface area (Å²) in [5.74, 6) is 0.0334. The van der Waals surface area contributed by atoms with Gasteiger partial charge >= 0.3 is 0 Å². The van der Waals surface area contributed by atoms with Gasteiger partial charge in [0.2, 0.25) is 5.91 Å². The molecule has 0 aromatic rings. The van der Waals surface area contributed by atoms with Gasteiger partial charge in [-0.3, -0.25) is 4.79 Å². The molecule has 0 rings (SSSR count). The number of carbonyl (C=O) groups is 1. The summed E-state index contributed by atoms with van der Waals surface area (Å²) in [5.41, 5.74) is 0. The van der Waals surface area contributed by atoms with Gasteiger partial charge < -0.3 is 20.1 Å². The molecule has 0 saturated heterocycles. The van der Waals surface area contributed by atoms with Crippen LogP contribution in [0.5, 0.6) is 0 Å². The summed E-state index contributed by atoms with van der Waals surface area (Å²) in [5, 5.41) is 12.5. The van der Waals surface area contributed by atoms with Crippen molar-refractivity contribution < 1.29 is 14.6 Å². The Morgan fingerprint density at radius 3 is 2.62 bits per heavy atom. The van der Waals surface area contributed by atoms with Crippen LogP contribution in [0.15, 0.2) is 0 Å². The van der Waals surface area contributed by atoms with E-state index in [0.29, 0.717) is 26.3 Å². The molecule has 0 aromatic heterocycles. The summed E-state index contributed by atoms with van der Waals surface area (Å²) >= 11 is 0. The molecule has 5 heteroatoms. The number of likely N-dealkylation sites (N-methyl/N-ethyl adjacent to an activating group) is 1. The fourth-order valence-corrected chi connectivity index (χ4v) is 1.20. The van der Waals surface area contributed by atoms with Crippen LogP contribution in [0.3, 0.4) is 0 Å². The van der Waals surface area contributed by atoms with E-state index in [1.807, 2.05) is 13.8 Å². The quantitative estimate of drug-likeness (QED) is 0.610. The van der Waals surface area contributed by atoms with Crippen LogP contribution in [0, 0.1) is 0 Å². The lowest BCUT2D eigenvalue weighted by Gasteiger charge is -2.21. The van der Waals surface area contributed by atoms with Crippen molar-refractivity contribution in [1.82, 2.24) is 10.2 Å². The third-order valence-corrected chi connectivity index (χ3v) is 2.40. The number of nitrogens with one attached hydrogen (secondary N) is 1. The fraction of sp³-hybridized carbons (Fsp3) is 0.909. The van der Waals surface area contributed by atoms with Crippen LogP contribution in [0.4, 0.5) is 0 Å². The second kappa shape index (κ2) is 8.50. The van der Waals surface area contributed by atoms with Crippen LogP contribution in [-0.4, -0.2) is 61.4 Å². The van der Waals surface area contributed by atoms with E-state index in [2.05, 4.69) is 5.32 Å². The lowest BCUT2D eigenvalue weighted by molar-refractivity contribution is -0.131. The van der Waals surface area contributed by atoms with E-state index in [-0.39, 0.29) is 11.9 Å². The molecule has 1 amide bonds.